The number of carboxylic acids is 1. The first kappa shape index (κ1) is 26.9. The molecule has 0 heterocycles. The molecule has 178 valence electrons. The molecule has 0 bridgehead atoms. The third kappa shape index (κ3) is 10.1. The van der Waals surface area contributed by atoms with Gasteiger partial charge in [-0.15, -0.1) is 0 Å². The predicted octanol–water partition coefficient (Wildman–Crippen LogP) is 2.62. The van der Waals surface area contributed by atoms with Gasteiger partial charge in [-0.2, -0.15) is 0 Å². The minimum Gasteiger partial charge on any atom is -0.478 e. The molecular weight excluding hydrogens is 400 g/mol. The van der Waals surface area contributed by atoms with Crippen LogP contribution in [0.1, 0.15) is 79.1 Å². The van der Waals surface area contributed by atoms with E-state index >= 15 is 0 Å². The van der Waals surface area contributed by atoms with E-state index < -0.39 is 30.2 Å². The number of rotatable bonds is 14. The van der Waals surface area contributed by atoms with Crippen molar-refractivity contribution < 1.29 is 24.2 Å². The summed E-state index contributed by atoms with van der Waals surface area (Å²) in [6.45, 7) is 8.18. The first-order valence-corrected chi connectivity index (χ1v) is 11.5. The van der Waals surface area contributed by atoms with E-state index in [-0.39, 0.29) is 24.0 Å². The average Bonchev–Trinajstić information content (AvgIpc) is 2.72. The van der Waals surface area contributed by atoms with Gasteiger partial charge in [-0.05, 0) is 25.3 Å². The van der Waals surface area contributed by atoms with E-state index in [1.807, 2.05) is 13.8 Å². The van der Waals surface area contributed by atoms with Crippen molar-refractivity contribution in [2.75, 3.05) is 6.54 Å². The fraction of sp³-hybridized carbons (Fsp3) is 0.773. The fourth-order valence-electron chi connectivity index (χ4n) is 3.67. The van der Waals surface area contributed by atoms with Crippen LogP contribution in [0.4, 0.5) is 4.79 Å². The van der Waals surface area contributed by atoms with Crippen molar-refractivity contribution >= 4 is 17.9 Å². The van der Waals surface area contributed by atoms with Crippen LogP contribution in [0.25, 0.3) is 0 Å². The van der Waals surface area contributed by atoms with Crippen molar-refractivity contribution in [1.82, 2.24) is 21.5 Å². The van der Waals surface area contributed by atoms with E-state index in [4.69, 9.17) is 4.74 Å². The summed E-state index contributed by atoms with van der Waals surface area (Å²) in [5.74, 6) is -1.33. The van der Waals surface area contributed by atoms with Gasteiger partial charge in [-0.3, -0.25) is 10.2 Å². The maximum atomic E-state index is 12.4. The molecule has 0 saturated heterocycles. The summed E-state index contributed by atoms with van der Waals surface area (Å²) in [5, 5.41) is 15.2. The molecule has 3 amide bonds. The molecule has 0 saturated carbocycles. The van der Waals surface area contributed by atoms with Gasteiger partial charge < -0.3 is 20.5 Å². The minimum atomic E-state index is -1.06. The summed E-state index contributed by atoms with van der Waals surface area (Å²) in [5.41, 5.74) is 5.65. The number of urea groups is 1. The van der Waals surface area contributed by atoms with E-state index in [1.54, 1.807) is 6.08 Å². The molecule has 0 aromatic rings. The number of carbonyl (C=O) groups is 3. The Balaban J connectivity index is 2.77. The first-order chi connectivity index (χ1) is 14.8. The van der Waals surface area contributed by atoms with Crippen LogP contribution in [0.5, 0.6) is 0 Å². The molecule has 0 fully saturated rings. The summed E-state index contributed by atoms with van der Waals surface area (Å²) in [6.07, 6.45) is 8.05. The van der Waals surface area contributed by atoms with Crippen LogP contribution in [-0.4, -0.2) is 53.9 Å². The van der Waals surface area contributed by atoms with Gasteiger partial charge in [0.25, 0.3) is 0 Å². The van der Waals surface area contributed by atoms with Gasteiger partial charge in [0, 0.05) is 25.5 Å². The Kier molecular flexibility index (Phi) is 12.8. The topological polar surface area (TPSA) is 129 Å². The molecule has 0 unspecified atom stereocenters. The monoisotopic (exact) mass is 440 g/mol. The largest absolute Gasteiger partial charge is 0.478 e. The van der Waals surface area contributed by atoms with Crippen molar-refractivity contribution in [1.29, 1.82) is 0 Å². The van der Waals surface area contributed by atoms with Gasteiger partial charge >= 0.3 is 12.0 Å². The van der Waals surface area contributed by atoms with Crippen molar-refractivity contribution in [2.45, 2.75) is 103 Å². The van der Waals surface area contributed by atoms with Crippen molar-refractivity contribution in [3.63, 3.8) is 0 Å². The summed E-state index contributed by atoms with van der Waals surface area (Å²) in [6, 6.07) is -1.66. The van der Waals surface area contributed by atoms with E-state index in [1.165, 1.54) is 26.2 Å². The van der Waals surface area contributed by atoms with Crippen LogP contribution in [0, 0.1) is 0 Å². The number of hydrogen-bond donors (Lipinski definition) is 5. The second kappa shape index (κ2) is 14.8. The normalized spacial score (nSPS) is 20.8. The molecular formula is C22H40N4O5. The number of carboxylic acid groups (broad SMARTS) is 1. The highest BCUT2D eigenvalue weighted by molar-refractivity contribution is 5.87. The predicted molar refractivity (Wildman–Crippen MR) is 119 cm³/mol. The van der Waals surface area contributed by atoms with Crippen LogP contribution < -0.4 is 21.5 Å². The van der Waals surface area contributed by atoms with Gasteiger partial charge in [-0.25, -0.2) is 15.0 Å². The second-order valence-corrected chi connectivity index (χ2v) is 8.01. The Morgan fingerprint density at radius 2 is 1.77 bits per heavy atom. The Bertz CT molecular complexity index is 607. The van der Waals surface area contributed by atoms with Gasteiger partial charge in [0.05, 0.1) is 24.3 Å². The lowest BCUT2D eigenvalue weighted by Crippen LogP contribution is -2.61. The molecule has 5 N–H and O–H groups in total. The van der Waals surface area contributed by atoms with E-state index in [0.717, 1.165) is 25.7 Å². The van der Waals surface area contributed by atoms with Crippen LogP contribution in [-0.2, 0) is 14.3 Å². The van der Waals surface area contributed by atoms with Crippen molar-refractivity contribution in [3.05, 3.63) is 11.6 Å². The number of amides is 3. The SMILES string of the molecule is CCCCCCCNNC(=O)N[C@H]1CC(C(=O)O)=C[C@@H](OC(CC)CC)[C@@H]1NC(C)=O. The molecule has 1 aliphatic rings. The molecule has 0 aromatic heterocycles. The highest BCUT2D eigenvalue weighted by atomic mass is 16.5. The third-order valence-electron chi connectivity index (χ3n) is 5.42. The number of hydrazine groups is 1. The highest BCUT2D eigenvalue weighted by Gasteiger charge is 2.38. The lowest BCUT2D eigenvalue weighted by Gasteiger charge is -2.38. The van der Waals surface area contributed by atoms with Crippen molar-refractivity contribution in [2.24, 2.45) is 0 Å². The maximum absolute atomic E-state index is 12.4. The maximum Gasteiger partial charge on any atom is 0.331 e. The zero-order chi connectivity index (χ0) is 23.2. The molecule has 31 heavy (non-hydrogen) atoms. The summed E-state index contributed by atoms with van der Waals surface area (Å²) < 4.78 is 6.10. The Morgan fingerprint density at radius 1 is 1.10 bits per heavy atom. The molecule has 0 spiro atoms. The average molecular weight is 441 g/mol. The van der Waals surface area contributed by atoms with Crippen LogP contribution >= 0.6 is 0 Å². The van der Waals surface area contributed by atoms with Gasteiger partial charge in [0.2, 0.25) is 5.91 Å². The lowest BCUT2D eigenvalue weighted by atomic mass is 9.87. The summed E-state index contributed by atoms with van der Waals surface area (Å²) >= 11 is 0. The van der Waals surface area contributed by atoms with Crippen LogP contribution in [0.3, 0.4) is 0 Å². The van der Waals surface area contributed by atoms with Gasteiger partial charge in [-0.1, -0.05) is 46.5 Å². The summed E-state index contributed by atoms with van der Waals surface area (Å²) in [7, 11) is 0. The van der Waals surface area contributed by atoms with Gasteiger partial charge in [0.15, 0.2) is 0 Å². The highest BCUT2D eigenvalue weighted by Crippen LogP contribution is 2.24. The smallest absolute Gasteiger partial charge is 0.331 e. The first-order valence-electron chi connectivity index (χ1n) is 11.5. The molecule has 9 nitrogen and oxygen atoms in total. The molecule has 1 rings (SSSR count). The lowest BCUT2D eigenvalue weighted by molar-refractivity contribution is -0.133. The van der Waals surface area contributed by atoms with Gasteiger partial charge in [0.1, 0.15) is 0 Å². The quantitative estimate of drug-likeness (QED) is 0.209. The summed E-state index contributed by atoms with van der Waals surface area (Å²) in [4.78, 5) is 35.8. The number of hydrogen-bond acceptors (Lipinski definition) is 5. The molecule has 0 aliphatic heterocycles. The zero-order valence-corrected chi connectivity index (χ0v) is 19.3. The number of aliphatic carboxylic acids is 1. The van der Waals surface area contributed by atoms with Crippen LogP contribution in [0.2, 0.25) is 0 Å². The molecule has 1 aliphatic carbocycles. The van der Waals surface area contributed by atoms with E-state index in [9.17, 15) is 19.5 Å². The van der Waals surface area contributed by atoms with Crippen LogP contribution in [0.15, 0.2) is 11.6 Å². The third-order valence-corrected chi connectivity index (χ3v) is 5.42. The number of unbranched alkanes of at least 4 members (excludes halogenated alkanes) is 4. The number of carbonyl (C=O) groups excluding carboxylic acids is 2. The number of ether oxygens (including phenoxy) is 1. The molecule has 9 heteroatoms. The number of nitrogens with one attached hydrogen (secondary N) is 4. The van der Waals surface area contributed by atoms with Crippen molar-refractivity contribution in [3.8, 4) is 0 Å². The zero-order valence-electron chi connectivity index (χ0n) is 19.3. The Hall–Kier alpha value is -2.13. The Morgan fingerprint density at radius 3 is 2.35 bits per heavy atom. The molecule has 0 aromatic carbocycles. The molecule has 3 atom stereocenters. The molecule has 0 radical (unpaired) electrons. The minimum absolute atomic E-state index is 0.0745. The Labute approximate surface area is 185 Å². The standard InChI is InChI=1S/C22H40N4O5/c1-5-8-9-10-11-12-23-26-22(30)25-18-13-16(21(28)29)14-19(20(18)24-15(4)27)31-17(6-2)7-3/h14,17-20,23H,5-13H2,1-4H3,(H,24,27)(H,28,29)(H2,25,26,30)/t18-,19+,20+/m0/s1. The van der Waals surface area contributed by atoms with E-state index in [2.05, 4.69) is 28.4 Å². The fourth-order valence-corrected chi connectivity index (χ4v) is 3.67. The van der Waals surface area contributed by atoms with E-state index in [0.29, 0.717) is 6.54 Å². The second-order valence-electron chi connectivity index (χ2n) is 8.01.